The van der Waals surface area contributed by atoms with Gasteiger partial charge in [0.15, 0.2) is 5.54 Å². The highest BCUT2D eigenvalue weighted by molar-refractivity contribution is 5.86. The summed E-state index contributed by atoms with van der Waals surface area (Å²) in [5.74, 6) is -0.879. The number of carboxylic acids is 1. The molecule has 0 radical (unpaired) electrons. The maximum absolute atomic E-state index is 11.4. The molecule has 96 valence electrons. The molecular formula is C15H19NO2. The molecular weight excluding hydrogens is 226 g/mol. The summed E-state index contributed by atoms with van der Waals surface area (Å²) in [4.78, 5) is 15.7. The van der Waals surface area contributed by atoms with E-state index in [1.54, 1.807) is 6.21 Å². The smallest absolute Gasteiger partial charge is 0.331 e. The number of nitrogens with zero attached hydrogens (tertiary/aromatic N) is 1. The quantitative estimate of drug-likeness (QED) is 0.617. The molecule has 0 heterocycles. The van der Waals surface area contributed by atoms with Gasteiger partial charge < -0.3 is 5.11 Å². The molecule has 1 atom stereocenters. The maximum atomic E-state index is 11.4. The molecule has 0 saturated heterocycles. The van der Waals surface area contributed by atoms with Crippen molar-refractivity contribution in [3.63, 3.8) is 0 Å². The lowest BCUT2D eigenvalue weighted by molar-refractivity contribution is -0.143. The molecule has 1 aromatic carbocycles. The van der Waals surface area contributed by atoms with Crippen LogP contribution < -0.4 is 0 Å². The molecule has 1 aromatic rings. The summed E-state index contributed by atoms with van der Waals surface area (Å²) >= 11 is 0. The average molecular weight is 245 g/mol. The highest BCUT2D eigenvalue weighted by Gasteiger charge is 2.34. The van der Waals surface area contributed by atoms with Gasteiger partial charge in [0, 0.05) is 12.6 Å². The number of aliphatic carboxylic acids is 1. The maximum Gasteiger partial charge on any atom is 0.331 e. The Morgan fingerprint density at radius 1 is 1.39 bits per heavy atom. The summed E-state index contributed by atoms with van der Waals surface area (Å²) in [6.07, 6.45) is 6.22. The van der Waals surface area contributed by atoms with Crippen LogP contribution in [0.2, 0.25) is 0 Å². The normalized spacial score (nSPS) is 15.0. The Labute approximate surface area is 108 Å². The van der Waals surface area contributed by atoms with E-state index in [0.717, 1.165) is 5.56 Å². The fourth-order valence-electron chi connectivity index (χ4n) is 1.63. The van der Waals surface area contributed by atoms with Gasteiger partial charge in [0.25, 0.3) is 0 Å². The molecule has 0 aliphatic rings. The molecule has 0 fully saturated rings. The Bertz CT molecular complexity index is 437. The lowest BCUT2D eigenvalue weighted by atomic mass is 9.92. The molecule has 0 aromatic heterocycles. The van der Waals surface area contributed by atoms with Gasteiger partial charge in [0.05, 0.1) is 0 Å². The first-order valence-electron chi connectivity index (χ1n) is 6.09. The number of hydrogen-bond donors (Lipinski definition) is 1. The molecule has 0 aliphatic heterocycles. The van der Waals surface area contributed by atoms with E-state index < -0.39 is 11.5 Å². The van der Waals surface area contributed by atoms with Gasteiger partial charge in [-0.15, -0.1) is 0 Å². The van der Waals surface area contributed by atoms with Crippen molar-refractivity contribution in [3.05, 3.63) is 48.0 Å². The number of carboxylic acid groups (broad SMARTS) is 1. The third-order valence-electron chi connectivity index (χ3n) is 2.93. The third kappa shape index (κ3) is 3.55. The van der Waals surface area contributed by atoms with Crippen molar-refractivity contribution in [2.75, 3.05) is 0 Å². The highest BCUT2D eigenvalue weighted by Crippen LogP contribution is 2.22. The van der Waals surface area contributed by atoms with Crippen molar-refractivity contribution in [1.29, 1.82) is 0 Å². The van der Waals surface area contributed by atoms with Gasteiger partial charge in [-0.25, -0.2) is 4.79 Å². The number of allylic oxidation sites excluding steroid dienone is 1. The van der Waals surface area contributed by atoms with Gasteiger partial charge in [-0.3, -0.25) is 4.99 Å². The molecule has 18 heavy (non-hydrogen) atoms. The first-order valence-corrected chi connectivity index (χ1v) is 6.09. The van der Waals surface area contributed by atoms with Crippen LogP contribution in [0.25, 0.3) is 0 Å². The zero-order valence-corrected chi connectivity index (χ0v) is 10.8. The molecule has 1 unspecified atom stereocenters. The first-order chi connectivity index (χ1) is 8.64. The van der Waals surface area contributed by atoms with Crippen LogP contribution in [0.1, 0.15) is 32.3 Å². The second-order valence-corrected chi connectivity index (χ2v) is 4.13. The molecule has 0 amide bonds. The number of benzene rings is 1. The van der Waals surface area contributed by atoms with Gasteiger partial charge in [0.2, 0.25) is 0 Å². The molecule has 0 bridgehead atoms. The molecule has 0 saturated carbocycles. The van der Waals surface area contributed by atoms with E-state index in [4.69, 9.17) is 0 Å². The van der Waals surface area contributed by atoms with E-state index >= 15 is 0 Å². The van der Waals surface area contributed by atoms with Gasteiger partial charge >= 0.3 is 5.97 Å². The lowest BCUT2D eigenvalue weighted by Crippen LogP contribution is -2.35. The Kier molecular flexibility index (Phi) is 5.31. The van der Waals surface area contributed by atoms with Gasteiger partial charge in [-0.1, -0.05) is 49.4 Å². The molecule has 3 heteroatoms. The fourth-order valence-corrected chi connectivity index (χ4v) is 1.63. The minimum atomic E-state index is -1.05. The van der Waals surface area contributed by atoms with Crippen LogP contribution in [0.3, 0.4) is 0 Å². The first kappa shape index (κ1) is 14.2. The van der Waals surface area contributed by atoms with Gasteiger partial charge in [-0.05, 0) is 18.9 Å². The minimum Gasteiger partial charge on any atom is -0.479 e. The zero-order chi connectivity index (χ0) is 13.4. The minimum absolute atomic E-state index is 0.415. The molecule has 3 nitrogen and oxygen atoms in total. The largest absolute Gasteiger partial charge is 0.479 e. The number of hydrogen-bond acceptors (Lipinski definition) is 2. The van der Waals surface area contributed by atoms with Crippen molar-refractivity contribution in [1.82, 2.24) is 0 Å². The second-order valence-electron chi connectivity index (χ2n) is 4.13. The Hall–Kier alpha value is -1.90. The SMILES string of the molecule is C/C=C/CC(CC)(/N=C/c1ccccc1)C(=O)O. The standard InChI is InChI=1S/C15H19NO2/c1-3-5-11-15(4-2,14(17)18)16-12-13-9-7-6-8-10-13/h3,5-10,12H,4,11H2,1-2H3,(H,17,18)/b5-3+,16-12+. The summed E-state index contributed by atoms with van der Waals surface area (Å²) in [5.41, 5.74) is -0.139. The van der Waals surface area contributed by atoms with Crippen molar-refractivity contribution in [2.24, 2.45) is 4.99 Å². The summed E-state index contributed by atoms with van der Waals surface area (Å²) in [6.45, 7) is 3.73. The second kappa shape index (κ2) is 6.74. The van der Waals surface area contributed by atoms with Crippen LogP contribution in [0.4, 0.5) is 0 Å². The van der Waals surface area contributed by atoms with Crippen LogP contribution in [0.5, 0.6) is 0 Å². The number of aliphatic imine (C=N–C) groups is 1. The van der Waals surface area contributed by atoms with Crippen LogP contribution in [-0.2, 0) is 4.79 Å². The van der Waals surface area contributed by atoms with E-state index in [9.17, 15) is 9.90 Å². The van der Waals surface area contributed by atoms with Crippen molar-refractivity contribution in [3.8, 4) is 0 Å². The predicted molar refractivity (Wildman–Crippen MR) is 74.1 cm³/mol. The average Bonchev–Trinajstić information content (AvgIpc) is 2.40. The Morgan fingerprint density at radius 3 is 2.56 bits per heavy atom. The van der Waals surface area contributed by atoms with E-state index in [1.165, 1.54) is 0 Å². The molecule has 0 spiro atoms. The van der Waals surface area contributed by atoms with Crippen LogP contribution in [-0.4, -0.2) is 22.8 Å². The Morgan fingerprint density at radius 2 is 2.06 bits per heavy atom. The van der Waals surface area contributed by atoms with E-state index in [-0.39, 0.29) is 0 Å². The summed E-state index contributed by atoms with van der Waals surface area (Å²) in [7, 11) is 0. The van der Waals surface area contributed by atoms with Gasteiger partial charge in [0.1, 0.15) is 0 Å². The fraction of sp³-hybridized carbons (Fsp3) is 0.333. The Balaban J connectivity index is 2.97. The molecule has 1 N–H and O–H groups in total. The van der Waals surface area contributed by atoms with E-state index in [0.29, 0.717) is 12.8 Å². The van der Waals surface area contributed by atoms with Crippen LogP contribution in [0, 0.1) is 0 Å². The lowest BCUT2D eigenvalue weighted by Gasteiger charge is -2.21. The predicted octanol–water partition coefficient (Wildman–Crippen LogP) is 3.31. The monoisotopic (exact) mass is 245 g/mol. The van der Waals surface area contributed by atoms with Crippen molar-refractivity contribution < 1.29 is 9.90 Å². The zero-order valence-electron chi connectivity index (χ0n) is 10.8. The summed E-state index contributed by atoms with van der Waals surface area (Å²) in [5, 5.41) is 9.38. The van der Waals surface area contributed by atoms with Crippen molar-refractivity contribution >= 4 is 12.2 Å². The molecule has 1 rings (SSSR count). The van der Waals surface area contributed by atoms with Crippen molar-refractivity contribution in [2.45, 2.75) is 32.2 Å². The third-order valence-corrected chi connectivity index (χ3v) is 2.93. The summed E-state index contributed by atoms with van der Waals surface area (Å²) in [6, 6.07) is 9.54. The summed E-state index contributed by atoms with van der Waals surface area (Å²) < 4.78 is 0. The van der Waals surface area contributed by atoms with Crippen LogP contribution >= 0.6 is 0 Å². The number of rotatable bonds is 6. The molecule has 0 aliphatic carbocycles. The van der Waals surface area contributed by atoms with E-state index in [1.807, 2.05) is 56.3 Å². The van der Waals surface area contributed by atoms with E-state index in [2.05, 4.69) is 4.99 Å². The highest BCUT2D eigenvalue weighted by atomic mass is 16.4. The van der Waals surface area contributed by atoms with Gasteiger partial charge in [-0.2, -0.15) is 0 Å². The van der Waals surface area contributed by atoms with Crippen LogP contribution in [0.15, 0.2) is 47.5 Å². The number of carbonyl (C=O) groups is 1. The topological polar surface area (TPSA) is 49.7 Å².